The standard InChI is InChI=1S/C37H67NO13.C3H6O3.H2O/c1-14-25-37(10,45)30(41)20(4)27(39)18(2)16-35(8,44)32(51-34-28(40)24(38(11)12)15-19(3)47-34)21(5)29(22(6)33(43)49-25)50-26-17-36(9,46-13)31(42)23(7)48-26;1-2(4)3(5)6;/h18-26,28-32,34,40-42,44-45H,14-17H2,1-13H3;2,4H,1H3,(H,5,6);1H2/t18-,19-,20+,21+,22-,23+,24+,25-,26+,28-,29+,30-,31+,32-,34+,35-,36-,37-;;/m1../s1. The first kappa shape index (κ1) is 54.1. The van der Waals surface area contributed by atoms with Crippen LogP contribution in [0.2, 0.25) is 0 Å². The number of carboxylic acid groups (broad SMARTS) is 1. The maximum Gasteiger partial charge on any atom is 0.332 e. The molecule has 58 heavy (non-hydrogen) atoms. The fourth-order valence-electron chi connectivity index (χ4n) is 8.41. The van der Waals surface area contributed by atoms with E-state index in [1.165, 1.54) is 34.8 Å². The van der Waals surface area contributed by atoms with E-state index in [1.807, 2.05) is 25.9 Å². The van der Waals surface area contributed by atoms with Crippen LogP contribution in [0.1, 0.15) is 102 Å². The van der Waals surface area contributed by atoms with Crippen LogP contribution in [0.5, 0.6) is 0 Å². The van der Waals surface area contributed by atoms with E-state index in [4.69, 9.17) is 38.6 Å². The third-order valence-electron chi connectivity index (χ3n) is 12.2. The van der Waals surface area contributed by atoms with Gasteiger partial charge >= 0.3 is 11.9 Å². The van der Waals surface area contributed by atoms with Crippen molar-refractivity contribution in [1.82, 2.24) is 4.90 Å². The van der Waals surface area contributed by atoms with Gasteiger partial charge in [-0.1, -0.05) is 27.7 Å². The van der Waals surface area contributed by atoms with Gasteiger partial charge < -0.3 is 74.5 Å². The van der Waals surface area contributed by atoms with Crippen LogP contribution in [0, 0.1) is 23.7 Å². The molecule has 0 aromatic rings. The van der Waals surface area contributed by atoms with Crippen molar-refractivity contribution in [3.8, 4) is 0 Å². The van der Waals surface area contributed by atoms with Crippen molar-refractivity contribution in [3.63, 3.8) is 0 Å². The van der Waals surface area contributed by atoms with E-state index in [1.54, 1.807) is 41.5 Å². The van der Waals surface area contributed by atoms with Gasteiger partial charge in [-0.05, 0) is 81.8 Å². The highest BCUT2D eigenvalue weighted by Gasteiger charge is 2.53. The highest BCUT2D eigenvalue weighted by Crippen LogP contribution is 2.40. The quantitative estimate of drug-likeness (QED) is 0.163. The van der Waals surface area contributed by atoms with Crippen molar-refractivity contribution in [2.24, 2.45) is 23.7 Å². The molecule has 0 radical (unpaired) electrons. The molecule has 0 aromatic carbocycles. The molecule has 3 aliphatic heterocycles. The number of cyclic esters (lactones) is 1. The number of ether oxygens (including phenoxy) is 6. The van der Waals surface area contributed by atoms with Gasteiger partial charge in [-0.15, -0.1) is 0 Å². The largest absolute Gasteiger partial charge is 0.479 e. The Hall–Kier alpha value is -1.91. The molecule has 0 saturated carbocycles. The first-order valence-corrected chi connectivity index (χ1v) is 20.0. The third-order valence-corrected chi connectivity index (χ3v) is 12.2. The van der Waals surface area contributed by atoms with Crippen LogP contribution < -0.4 is 0 Å². The average molecular weight is 842 g/mol. The molecule has 3 heterocycles. The number of rotatable bonds is 8. The highest BCUT2D eigenvalue weighted by molar-refractivity contribution is 5.83. The number of aliphatic hydroxyl groups is 6. The van der Waals surface area contributed by atoms with Gasteiger partial charge in [0.15, 0.2) is 12.6 Å². The summed E-state index contributed by atoms with van der Waals surface area (Å²) in [6.07, 6.45) is -10.9. The Labute approximate surface area is 343 Å². The Balaban J connectivity index is 0.00000222. The summed E-state index contributed by atoms with van der Waals surface area (Å²) in [6.45, 7) is 17.5. The molecule has 0 aromatic heterocycles. The number of methoxy groups -OCH3 is 1. The van der Waals surface area contributed by atoms with Crippen molar-refractivity contribution in [2.75, 3.05) is 21.2 Å². The number of esters is 1. The minimum absolute atomic E-state index is 0. The van der Waals surface area contributed by atoms with Crippen LogP contribution in [0.15, 0.2) is 0 Å². The second-order valence-corrected chi connectivity index (χ2v) is 17.5. The van der Waals surface area contributed by atoms with Gasteiger partial charge in [-0.25, -0.2) is 4.79 Å². The number of ketones is 1. The lowest BCUT2D eigenvalue weighted by molar-refractivity contribution is -0.318. The molecule has 0 aliphatic carbocycles. The Morgan fingerprint density at radius 1 is 0.931 bits per heavy atom. The molecule has 19 atom stereocenters. The molecule has 342 valence electrons. The number of hydrogen-bond donors (Lipinski definition) is 7. The zero-order valence-corrected chi connectivity index (χ0v) is 36.8. The zero-order chi connectivity index (χ0) is 44.1. The van der Waals surface area contributed by atoms with Crippen molar-refractivity contribution in [2.45, 2.75) is 192 Å². The molecule has 3 fully saturated rings. The molecule has 0 bridgehead atoms. The smallest absolute Gasteiger partial charge is 0.332 e. The normalized spacial score (nSPS) is 45.2. The van der Waals surface area contributed by atoms with Gasteiger partial charge in [0.2, 0.25) is 0 Å². The summed E-state index contributed by atoms with van der Waals surface area (Å²) in [7, 11) is 5.18. The first-order valence-electron chi connectivity index (χ1n) is 20.0. The van der Waals surface area contributed by atoms with Crippen molar-refractivity contribution in [3.05, 3.63) is 0 Å². The van der Waals surface area contributed by atoms with Crippen LogP contribution in [0.4, 0.5) is 0 Å². The first-order chi connectivity index (χ1) is 26.1. The number of Topliss-reactive ketones (excluding diaryl/α,β-unsaturated/α-hetero) is 1. The average Bonchev–Trinajstić information content (AvgIpc) is 3.12. The van der Waals surface area contributed by atoms with Gasteiger partial charge in [0.25, 0.3) is 0 Å². The summed E-state index contributed by atoms with van der Waals surface area (Å²) < 4.78 is 37.1. The van der Waals surface area contributed by atoms with E-state index >= 15 is 0 Å². The van der Waals surface area contributed by atoms with E-state index in [0.717, 1.165) is 0 Å². The summed E-state index contributed by atoms with van der Waals surface area (Å²) in [6, 6.07) is -0.324. The number of carboxylic acids is 1. The minimum Gasteiger partial charge on any atom is -0.479 e. The molecular weight excluding hydrogens is 766 g/mol. The minimum atomic E-state index is -1.99. The topological polar surface area (TPSA) is 283 Å². The fraction of sp³-hybridized carbons (Fsp3) is 0.925. The molecule has 3 saturated heterocycles. The van der Waals surface area contributed by atoms with Crippen LogP contribution >= 0.6 is 0 Å². The Morgan fingerprint density at radius 2 is 1.48 bits per heavy atom. The lowest BCUT2D eigenvalue weighted by Crippen LogP contribution is -2.61. The van der Waals surface area contributed by atoms with Gasteiger partial charge in [0.05, 0.1) is 47.6 Å². The summed E-state index contributed by atoms with van der Waals surface area (Å²) in [5.74, 6) is -6.16. The van der Waals surface area contributed by atoms with Gasteiger partial charge in [-0.2, -0.15) is 0 Å². The van der Waals surface area contributed by atoms with E-state index in [0.29, 0.717) is 6.42 Å². The van der Waals surface area contributed by atoms with Crippen molar-refractivity contribution < 1.29 is 84.0 Å². The molecule has 18 nitrogen and oxygen atoms in total. The van der Waals surface area contributed by atoms with Crippen LogP contribution in [-0.2, 0) is 42.8 Å². The van der Waals surface area contributed by atoms with Gasteiger partial charge in [0.1, 0.15) is 35.8 Å². The molecular formula is C40H75NO17. The molecule has 0 amide bonds. The molecule has 9 N–H and O–H groups in total. The van der Waals surface area contributed by atoms with E-state index in [2.05, 4.69) is 0 Å². The number of carbonyl (C=O) groups is 3. The number of aliphatic carboxylic acids is 1. The zero-order valence-electron chi connectivity index (χ0n) is 36.8. The molecule has 1 unspecified atom stereocenters. The lowest BCUT2D eigenvalue weighted by Gasteiger charge is -2.49. The summed E-state index contributed by atoms with van der Waals surface area (Å²) in [5.41, 5.74) is -4.84. The molecule has 0 spiro atoms. The van der Waals surface area contributed by atoms with Gasteiger partial charge in [0, 0.05) is 37.3 Å². The number of aliphatic hydroxyl groups excluding tert-OH is 4. The van der Waals surface area contributed by atoms with Crippen LogP contribution in [0.3, 0.4) is 0 Å². The Bertz CT molecular complexity index is 1310. The Kier molecular flexibility index (Phi) is 20.3. The molecule has 3 aliphatic rings. The number of nitrogens with zero attached hydrogens (tertiary/aromatic N) is 1. The maximum absolute atomic E-state index is 14.1. The van der Waals surface area contributed by atoms with Crippen LogP contribution in [-0.4, -0.2) is 175 Å². The maximum atomic E-state index is 14.1. The second kappa shape index (κ2) is 21.7. The molecule has 18 heteroatoms. The number of carbonyl (C=O) groups excluding carboxylic acids is 2. The predicted octanol–water partition coefficient (Wildman–Crippen LogP) is 0.413. The summed E-state index contributed by atoms with van der Waals surface area (Å²) >= 11 is 0. The summed E-state index contributed by atoms with van der Waals surface area (Å²) in [4.78, 5) is 39.2. The van der Waals surface area contributed by atoms with Crippen molar-refractivity contribution >= 4 is 17.7 Å². The Morgan fingerprint density at radius 3 is 1.97 bits per heavy atom. The fourth-order valence-corrected chi connectivity index (χ4v) is 8.41. The SMILES string of the molecule is CC(O)C(=O)O.CC[C@H]1OC(=O)[C@H](C)[C@@H](O[C@H]2C[C@@](C)(OC)[C@@H](O)[C@H](C)O2)[C@H](C)[C@@H](O[C@@H]2O[C@H](C)C[C@H](N(C)C)[C@H]2O)[C@](C)(O)C[C@@H](C)C(=O)[C@H](C)[C@@H](O)[C@]1(C)O.O. The van der Waals surface area contributed by atoms with E-state index < -0.39 is 120 Å². The number of hydrogen-bond acceptors (Lipinski definition) is 16. The van der Waals surface area contributed by atoms with Gasteiger partial charge in [-0.3, -0.25) is 9.59 Å². The van der Waals surface area contributed by atoms with Crippen LogP contribution in [0.25, 0.3) is 0 Å². The lowest BCUT2D eigenvalue weighted by atomic mass is 9.74. The van der Waals surface area contributed by atoms with E-state index in [9.17, 15) is 39.9 Å². The molecule has 3 rings (SSSR count). The monoisotopic (exact) mass is 842 g/mol. The van der Waals surface area contributed by atoms with Crippen molar-refractivity contribution in [1.29, 1.82) is 0 Å². The second-order valence-electron chi connectivity index (χ2n) is 17.5. The predicted molar refractivity (Wildman–Crippen MR) is 209 cm³/mol. The highest BCUT2D eigenvalue weighted by atomic mass is 16.7. The van der Waals surface area contributed by atoms with E-state index in [-0.39, 0.29) is 36.9 Å². The number of likely N-dealkylation sites (N-methyl/N-ethyl adjacent to an activating group) is 1. The summed E-state index contributed by atoms with van der Waals surface area (Å²) in [5, 5.41) is 73.4. The third kappa shape index (κ3) is 12.8.